The number of rotatable bonds is 3. The van der Waals surface area contributed by atoms with Gasteiger partial charge in [0.25, 0.3) is 0 Å². The highest BCUT2D eigenvalue weighted by molar-refractivity contribution is 5.68. The number of aromatic nitrogens is 2. The Labute approximate surface area is 191 Å². The van der Waals surface area contributed by atoms with Gasteiger partial charge in [-0.1, -0.05) is 0 Å². The minimum Gasteiger partial charge on any atom is -0.444 e. The molecule has 1 saturated carbocycles. The van der Waals surface area contributed by atoms with Crippen LogP contribution < -0.4 is 4.90 Å². The Morgan fingerprint density at radius 2 is 1.84 bits per heavy atom. The smallest absolute Gasteiger partial charge is 0.410 e. The van der Waals surface area contributed by atoms with E-state index >= 15 is 0 Å². The molecule has 8 nitrogen and oxygen atoms in total. The summed E-state index contributed by atoms with van der Waals surface area (Å²) in [6.07, 6.45) is 5.47. The van der Waals surface area contributed by atoms with E-state index in [0.29, 0.717) is 12.1 Å². The summed E-state index contributed by atoms with van der Waals surface area (Å²) in [5, 5.41) is 5.13. The monoisotopic (exact) mass is 445 g/mol. The zero-order valence-electron chi connectivity index (χ0n) is 20.2. The van der Waals surface area contributed by atoms with E-state index in [0.717, 1.165) is 64.6 Å². The van der Waals surface area contributed by atoms with E-state index in [1.54, 1.807) is 0 Å². The fraction of sp³-hybridized carbons (Fsp3) is 0.833. The predicted molar refractivity (Wildman–Crippen MR) is 123 cm³/mol. The van der Waals surface area contributed by atoms with E-state index in [9.17, 15) is 4.79 Å². The number of carbonyl (C=O) groups excluding carboxylic acids is 1. The van der Waals surface area contributed by atoms with Crippen LogP contribution in [-0.4, -0.2) is 88.8 Å². The summed E-state index contributed by atoms with van der Waals surface area (Å²) in [7, 11) is 0. The van der Waals surface area contributed by atoms with Crippen LogP contribution in [0.25, 0.3) is 0 Å². The maximum Gasteiger partial charge on any atom is 0.410 e. The van der Waals surface area contributed by atoms with Gasteiger partial charge in [0.15, 0.2) is 5.82 Å². The van der Waals surface area contributed by atoms with Gasteiger partial charge in [-0.15, -0.1) is 0 Å². The summed E-state index contributed by atoms with van der Waals surface area (Å²) in [4.78, 5) is 19.5. The summed E-state index contributed by atoms with van der Waals surface area (Å²) < 4.78 is 13.2. The molecule has 4 aliphatic rings. The maximum atomic E-state index is 12.4. The van der Waals surface area contributed by atoms with Gasteiger partial charge in [-0.25, -0.2) is 4.79 Å². The molecule has 1 aromatic rings. The van der Waals surface area contributed by atoms with E-state index in [1.165, 1.54) is 25.0 Å². The van der Waals surface area contributed by atoms with Crippen molar-refractivity contribution < 1.29 is 14.3 Å². The second kappa shape index (κ2) is 8.20. The largest absolute Gasteiger partial charge is 0.444 e. The van der Waals surface area contributed by atoms with Crippen LogP contribution in [0.15, 0.2) is 6.07 Å². The van der Waals surface area contributed by atoms with Crippen molar-refractivity contribution in [3.05, 3.63) is 11.8 Å². The van der Waals surface area contributed by atoms with E-state index < -0.39 is 5.60 Å². The van der Waals surface area contributed by atoms with Gasteiger partial charge in [-0.2, -0.15) is 5.10 Å². The molecule has 3 aliphatic heterocycles. The molecule has 4 heterocycles. The van der Waals surface area contributed by atoms with Gasteiger partial charge in [-0.3, -0.25) is 9.58 Å². The molecular weight excluding hydrogens is 406 g/mol. The molecule has 1 spiro atoms. The number of amides is 1. The van der Waals surface area contributed by atoms with Crippen molar-refractivity contribution in [1.82, 2.24) is 19.6 Å². The summed E-state index contributed by atoms with van der Waals surface area (Å²) in [6, 6.07) is 3.24. The molecule has 0 atom stereocenters. The van der Waals surface area contributed by atoms with Crippen molar-refractivity contribution in [2.45, 2.75) is 83.0 Å². The molecule has 1 aromatic heterocycles. The molecule has 0 N–H and O–H groups in total. The first-order valence-electron chi connectivity index (χ1n) is 12.4. The number of nitrogens with zero attached hydrogens (tertiary/aromatic N) is 5. The van der Waals surface area contributed by atoms with Crippen LogP contribution in [0.5, 0.6) is 0 Å². The molecule has 0 aromatic carbocycles. The number of piperazine rings is 1. The second-order valence-corrected chi connectivity index (χ2v) is 11.2. The van der Waals surface area contributed by atoms with Crippen LogP contribution in [0.2, 0.25) is 0 Å². The Hall–Kier alpha value is -1.80. The van der Waals surface area contributed by atoms with Crippen LogP contribution in [0.1, 0.15) is 64.6 Å². The standard InChI is InChI=1S/C24H39N5O3/c1-18-14-21(28-13-12-27(20-15-31-16-20)17-24(28)8-5-9-24)25-29(18)19-6-10-26(11-7-19)22(30)32-23(2,3)4/h14,19-20H,5-13,15-17H2,1-4H3. The number of piperidine rings is 1. The van der Waals surface area contributed by atoms with Crippen LogP contribution in [0.3, 0.4) is 0 Å². The minimum atomic E-state index is -0.450. The quantitative estimate of drug-likeness (QED) is 0.712. The lowest BCUT2D eigenvalue weighted by Gasteiger charge is -2.58. The number of ether oxygens (including phenoxy) is 2. The maximum absolute atomic E-state index is 12.4. The molecular formula is C24H39N5O3. The number of likely N-dealkylation sites (tertiary alicyclic amines) is 1. The van der Waals surface area contributed by atoms with E-state index in [2.05, 4.69) is 27.5 Å². The Balaban J connectivity index is 1.24. The molecule has 8 heteroatoms. The van der Waals surface area contributed by atoms with Gasteiger partial charge in [0, 0.05) is 44.5 Å². The molecule has 0 unspecified atom stereocenters. The molecule has 0 radical (unpaired) electrons. The highest BCUT2D eigenvalue weighted by Gasteiger charge is 2.49. The molecule has 5 rings (SSSR count). The third-order valence-corrected chi connectivity index (χ3v) is 7.75. The predicted octanol–water partition coefficient (Wildman–Crippen LogP) is 3.21. The van der Waals surface area contributed by atoms with E-state index in [-0.39, 0.29) is 11.6 Å². The van der Waals surface area contributed by atoms with Crippen LogP contribution in [0.4, 0.5) is 10.6 Å². The zero-order valence-corrected chi connectivity index (χ0v) is 20.2. The lowest BCUT2D eigenvalue weighted by atomic mass is 9.73. The third-order valence-electron chi connectivity index (χ3n) is 7.75. The average molecular weight is 446 g/mol. The van der Waals surface area contributed by atoms with Gasteiger partial charge >= 0.3 is 6.09 Å². The van der Waals surface area contributed by atoms with E-state index in [1.807, 2.05) is 25.7 Å². The summed E-state index contributed by atoms with van der Waals surface area (Å²) in [5.74, 6) is 1.14. The van der Waals surface area contributed by atoms with Crippen molar-refractivity contribution in [3.63, 3.8) is 0 Å². The molecule has 0 bridgehead atoms. The van der Waals surface area contributed by atoms with Crippen molar-refractivity contribution in [3.8, 4) is 0 Å². The third kappa shape index (κ3) is 4.12. The van der Waals surface area contributed by atoms with Gasteiger partial charge < -0.3 is 19.3 Å². The van der Waals surface area contributed by atoms with Crippen molar-refractivity contribution >= 4 is 11.9 Å². The summed E-state index contributed by atoms with van der Waals surface area (Å²) in [5.41, 5.74) is 1.02. The van der Waals surface area contributed by atoms with Crippen molar-refractivity contribution in [2.24, 2.45) is 0 Å². The lowest BCUT2D eigenvalue weighted by Crippen LogP contribution is -2.69. The van der Waals surface area contributed by atoms with Gasteiger partial charge in [-0.05, 0) is 59.8 Å². The Morgan fingerprint density at radius 3 is 2.41 bits per heavy atom. The minimum absolute atomic E-state index is 0.199. The SMILES string of the molecule is Cc1cc(N2CCN(C3COC3)CC23CCC3)nn1C1CCN(C(=O)OC(C)(C)C)CC1. The molecule has 1 aliphatic carbocycles. The number of hydrogen-bond acceptors (Lipinski definition) is 6. The summed E-state index contributed by atoms with van der Waals surface area (Å²) >= 11 is 0. The van der Waals surface area contributed by atoms with Crippen molar-refractivity contribution in [2.75, 3.05) is 50.8 Å². The van der Waals surface area contributed by atoms with Crippen LogP contribution in [0, 0.1) is 6.92 Å². The Kier molecular flexibility index (Phi) is 5.64. The second-order valence-electron chi connectivity index (χ2n) is 11.2. The normalized spacial score (nSPS) is 25.0. The summed E-state index contributed by atoms with van der Waals surface area (Å²) in [6.45, 7) is 14.4. The van der Waals surface area contributed by atoms with Gasteiger partial charge in [0.1, 0.15) is 5.60 Å². The average Bonchev–Trinajstić information content (AvgIpc) is 3.05. The van der Waals surface area contributed by atoms with Gasteiger partial charge in [0.2, 0.25) is 0 Å². The fourth-order valence-corrected chi connectivity index (χ4v) is 5.72. The highest BCUT2D eigenvalue weighted by Crippen LogP contribution is 2.43. The Morgan fingerprint density at radius 1 is 1.12 bits per heavy atom. The molecule has 1 amide bonds. The first kappa shape index (κ1) is 22.0. The molecule has 4 fully saturated rings. The fourth-order valence-electron chi connectivity index (χ4n) is 5.72. The van der Waals surface area contributed by atoms with Crippen LogP contribution >= 0.6 is 0 Å². The zero-order chi connectivity index (χ0) is 22.5. The Bertz CT molecular complexity index is 831. The molecule has 3 saturated heterocycles. The number of aryl methyl sites for hydroxylation is 1. The highest BCUT2D eigenvalue weighted by atomic mass is 16.6. The van der Waals surface area contributed by atoms with Gasteiger partial charge in [0.05, 0.1) is 30.8 Å². The van der Waals surface area contributed by atoms with Crippen LogP contribution in [-0.2, 0) is 9.47 Å². The van der Waals surface area contributed by atoms with Crippen molar-refractivity contribution in [1.29, 1.82) is 0 Å². The lowest BCUT2D eigenvalue weighted by molar-refractivity contribution is -0.0819. The molecule has 178 valence electrons. The first-order valence-corrected chi connectivity index (χ1v) is 12.4. The topological polar surface area (TPSA) is 63.1 Å². The first-order chi connectivity index (χ1) is 15.2. The number of anilines is 1. The van der Waals surface area contributed by atoms with E-state index in [4.69, 9.17) is 14.6 Å². The number of hydrogen-bond donors (Lipinski definition) is 0. The number of carbonyl (C=O) groups is 1. The molecule has 32 heavy (non-hydrogen) atoms.